The van der Waals surface area contributed by atoms with Gasteiger partial charge in [0.25, 0.3) is 0 Å². The normalized spacial score (nSPS) is 11.3. The Hall–Kier alpha value is -3.56. The van der Waals surface area contributed by atoms with E-state index in [9.17, 15) is 0 Å². The van der Waals surface area contributed by atoms with Gasteiger partial charge in [-0.1, -0.05) is 17.7 Å². The molecule has 0 unspecified atom stereocenters. The third-order valence-corrected chi connectivity index (χ3v) is 3.56. The number of rotatable bonds is 4. The number of halogens is 1. The molecule has 0 aliphatic heterocycles. The summed E-state index contributed by atoms with van der Waals surface area (Å²) in [5.41, 5.74) is 4.95. The van der Waals surface area contributed by atoms with Gasteiger partial charge in [-0.25, -0.2) is 4.98 Å². The fraction of sp³-hybridized carbons (Fsp3) is 0. The number of nitriles is 1. The van der Waals surface area contributed by atoms with E-state index in [1.54, 1.807) is 66.9 Å². The van der Waals surface area contributed by atoms with Gasteiger partial charge >= 0.3 is 0 Å². The summed E-state index contributed by atoms with van der Waals surface area (Å²) < 4.78 is 0. The van der Waals surface area contributed by atoms with E-state index in [4.69, 9.17) is 16.9 Å². The van der Waals surface area contributed by atoms with Crippen molar-refractivity contribution in [3.05, 3.63) is 89.1 Å². The number of azo groups is 1. The number of anilines is 1. The molecule has 0 fully saturated rings. The number of hydrogen-bond donors (Lipinski definition) is 1. The maximum Gasteiger partial charge on any atom is 0.201 e. The molecule has 2 aromatic carbocycles. The monoisotopic (exact) mass is 360 g/mol. The minimum Gasteiger partial charge on any atom is -0.276 e. The molecule has 7 heteroatoms. The highest BCUT2D eigenvalue weighted by molar-refractivity contribution is 6.30. The van der Waals surface area contributed by atoms with Crippen molar-refractivity contribution in [2.24, 2.45) is 15.3 Å². The second kappa shape index (κ2) is 8.51. The van der Waals surface area contributed by atoms with E-state index in [-0.39, 0.29) is 0 Å². The highest BCUT2D eigenvalue weighted by Crippen LogP contribution is 2.15. The molecule has 0 spiro atoms. The summed E-state index contributed by atoms with van der Waals surface area (Å²) in [5.74, 6) is 0.829. The van der Waals surface area contributed by atoms with Crippen molar-refractivity contribution in [3.8, 4) is 6.07 Å². The zero-order chi connectivity index (χ0) is 18.2. The number of amidine groups is 1. The molecule has 0 aliphatic carbocycles. The van der Waals surface area contributed by atoms with Crippen LogP contribution in [0.25, 0.3) is 0 Å². The van der Waals surface area contributed by atoms with Gasteiger partial charge in [0.2, 0.25) is 5.84 Å². The van der Waals surface area contributed by atoms with Gasteiger partial charge in [-0.15, -0.1) is 10.2 Å². The van der Waals surface area contributed by atoms with E-state index in [2.05, 4.69) is 31.8 Å². The first-order valence-electron chi connectivity index (χ1n) is 7.67. The van der Waals surface area contributed by atoms with Crippen molar-refractivity contribution in [1.82, 2.24) is 4.98 Å². The van der Waals surface area contributed by atoms with Crippen LogP contribution in [0.2, 0.25) is 5.02 Å². The lowest BCUT2D eigenvalue weighted by Gasteiger charge is -2.04. The predicted octanol–water partition coefficient (Wildman–Crippen LogP) is 5.16. The van der Waals surface area contributed by atoms with Crippen LogP contribution >= 0.6 is 11.6 Å². The Morgan fingerprint density at radius 1 is 1.00 bits per heavy atom. The van der Waals surface area contributed by atoms with Crippen LogP contribution < -0.4 is 5.43 Å². The minimum atomic E-state index is 0.357. The van der Waals surface area contributed by atoms with Crippen molar-refractivity contribution in [1.29, 1.82) is 5.26 Å². The zero-order valence-electron chi connectivity index (χ0n) is 13.5. The second-order valence-corrected chi connectivity index (χ2v) is 5.57. The summed E-state index contributed by atoms with van der Waals surface area (Å²) >= 11 is 5.89. The predicted molar refractivity (Wildman–Crippen MR) is 102 cm³/mol. The van der Waals surface area contributed by atoms with E-state index in [1.165, 1.54) is 0 Å². The van der Waals surface area contributed by atoms with Gasteiger partial charge < -0.3 is 0 Å². The lowest BCUT2D eigenvalue weighted by Crippen LogP contribution is -2.01. The van der Waals surface area contributed by atoms with Crippen LogP contribution in [0.15, 0.2) is 88.3 Å². The van der Waals surface area contributed by atoms with E-state index < -0.39 is 0 Å². The average molecular weight is 361 g/mol. The molecular weight excluding hydrogens is 348 g/mol. The molecule has 0 amide bonds. The third kappa shape index (κ3) is 4.72. The molecule has 0 aliphatic rings. The molecule has 0 bridgehead atoms. The molecule has 6 nitrogen and oxygen atoms in total. The summed E-state index contributed by atoms with van der Waals surface area (Å²) in [4.78, 5) is 4.11. The smallest absolute Gasteiger partial charge is 0.201 e. The Labute approximate surface area is 155 Å². The summed E-state index contributed by atoms with van der Waals surface area (Å²) in [5, 5.41) is 22.2. The van der Waals surface area contributed by atoms with Gasteiger partial charge in [-0.3, -0.25) is 5.43 Å². The largest absolute Gasteiger partial charge is 0.276 e. The maximum atomic E-state index is 8.94. The van der Waals surface area contributed by atoms with Gasteiger partial charge in [0.15, 0.2) is 5.82 Å². The first-order chi connectivity index (χ1) is 12.7. The van der Waals surface area contributed by atoms with Crippen molar-refractivity contribution in [2.45, 2.75) is 0 Å². The first kappa shape index (κ1) is 17.3. The summed E-state index contributed by atoms with van der Waals surface area (Å²) in [7, 11) is 0. The van der Waals surface area contributed by atoms with Gasteiger partial charge in [-0.2, -0.15) is 10.4 Å². The number of hydrazone groups is 1. The summed E-state index contributed by atoms with van der Waals surface area (Å²) in [6.07, 6.45) is 1.64. The number of benzene rings is 2. The number of pyridine rings is 1. The Bertz CT molecular complexity index is 958. The van der Waals surface area contributed by atoms with Crippen LogP contribution in [0, 0.1) is 11.3 Å². The fourth-order valence-corrected chi connectivity index (χ4v) is 2.12. The fourth-order valence-electron chi connectivity index (χ4n) is 1.99. The molecule has 126 valence electrons. The molecule has 3 rings (SSSR count). The van der Waals surface area contributed by atoms with Crippen LogP contribution in [0.5, 0.6) is 0 Å². The van der Waals surface area contributed by atoms with Crippen molar-refractivity contribution in [2.75, 3.05) is 5.43 Å². The maximum absolute atomic E-state index is 8.94. The standard InChI is InChI=1S/C19H13ClN6/c20-16-8-10-17(11-9-16)23-25-19(15-6-4-14(13-21)5-7-15)26-24-18-3-1-2-12-22-18/h1-12,23H/b25-19-,26-24?. The van der Waals surface area contributed by atoms with Gasteiger partial charge in [0.05, 0.1) is 17.3 Å². The highest BCUT2D eigenvalue weighted by atomic mass is 35.5. The topological polar surface area (TPSA) is 85.8 Å². The molecule has 3 aromatic rings. The molecule has 0 radical (unpaired) electrons. The SMILES string of the molecule is N#Cc1ccc(/C(N=Nc2ccccn2)=N/Nc2ccc(Cl)cc2)cc1. The van der Waals surface area contributed by atoms with Crippen molar-refractivity contribution < 1.29 is 0 Å². The molecule has 0 saturated heterocycles. The third-order valence-electron chi connectivity index (χ3n) is 3.30. The lowest BCUT2D eigenvalue weighted by molar-refractivity contribution is 1.16. The Morgan fingerprint density at radius 3 is 2.42 bits per heavy atom. The summed E-state index contributed by atoms with van der Waals surface area (Å²) in [6.45, 7) is 0. The van der Waals surface area contributed by atoms with Crippen LogP contribution in [-0.2, 0) is 0 Å². The van der Waals surface area contributed by atoms with E-state index in [0.29, 0.717) is 27.8 Å². The van der Waals surface area contributed by atoms with Crippen LogP contribution in [-0.4, -0.2) is 10.8 Å². The Kier molecular flexibility index (Phi) is 5.65. The first-order valence-corrected chi connectivity index (χ1v) is 8.05. The Morgan fingerprint density at radius 2 is 1.77 bits per heavy atom. The molecular formula is C19H13ClN6. The summed E-state index contributed by atoms with van der Waals surface area (Å²) in [6, 6.07) is 21.5. The molecule has 26 heavy (non-hydrogen) atoms. The van der Waals surface area contributed by atoms with E-state index in [0.717, 1.165) is 5.69 Å². The highest BCUT2D eigenvalue weighted by Gasteiger charge is 2.04. The number of aromatic nitrogens is 1. The van der Waals surface area contributed by atoms with Crippen molar-refractivity contribution in [3.63, 3.8) is 0 Å². The molecule has 0 atom stereocenters. The molecule has 1 N–H and O–H groups in total. The number of hydrogen-bond acceptors (Lipinski definition) is 5. The van der Waals surface area contributed by atoms with Gasteiger partial charge in [0.1, 0.15) is 0 Å². The lowest BCUT2D eigenvalue weighted by atomic mass is 10.1. The average Bonchev–Trinajstić information content (AvgIpc) is 2.70. The number of nitrogens with one attached hydrogen (secondary N) is 1. The van der Waals surface area contributed by atoms with E-state index in [1.807, 2.05) is 6.07 Å². The quantitative estimate of drug-likeness (QED) is 0.301. The van der Waals surface area contributed by atoms with Crippen LogP contribution in [0.4, 0.5) is 11.5 Å². The van der Waals surface area contributed by atoms with Gasteiger partial charge in [-0.05, 0) is 60.7 Å². The Balaban J connectivity index is 1.89. The van der Waals surface area contributed by atoms with Gasteiger partial charge in [0, 0.05) is 16.8 Å². The number of nitrogens with zero attached hydrogens (tertiary/aromatic N) is 5. The van der Waals surface area contributed by atoms with Crippen LogP contribution in [0.3, 0.4) is 0 Å². The molecule has 1 heterocycles. The van der Waals surface area contributed by atoms with Crippen molar-refractivity contribution >= 4 is 28.9 Å². The van der Waals surface area contributed by atoms with Crippen LogP contribution in [0.1, 0.15) is 11.1 Å². The zero-order valence-corrected chi connectivity index (χ0v) is 14.3. The van der Waals surface area contributed by atoms with E-state index >= 15 is 0 Å². The molecule has 0 saturated carbocycles. The molecule has 1 aromatic heterocycles. The second-order valence-electron chi connectivity index (χ2n) is 5.13. The minimum absolute atomic E-state index is 0.357.